The minimum atomic E-state index is -0.997. The van der Waals surface area contributed by atoms with Gasteiger partial charge in [0.15, 0.2) is 12.4 Å². The summed E-state index contributed by atoms with van der Waals surface area (Å²) in [5.41, 5.74) is 0.496. The van der Waals surface area contributed by atoms with E-state index in [9.17, 15) is 14.4 Å². The first-order valence-corrected chi connectivity index (χ1v) is 8.12. The van der Waals surface area contributed by atoms with Gasteiger partial charge in [-0.1, -0.05) is 18.2 Å². The molecule has 0 saturated heterocycles. The number of nitrogens with one attached hydrogen (secondary N) is 1. The van der Waals surface area contributed by atoms with Crippen molar-refractivity contribution in [3.8, 4) is 5.75 Å². The highest BCUT2D eigenvalue weighted by atomic mass is 32.1. The number of hydrogen-bond donors (Lipinski definition) is 2. The van der Waals surface area contributed by atoms with Crippen molar-refractivity contribution in [1.29, 1.82) is 0 Å². The molecule has 0 saturated carbocycles. The lowest BCUT2D eigenvalue weighted by Crippen LogP contribution is -2.33. The van der Waals surface area contributed by atoms with E-state index in [1.54, 1.807) is 36.4 Å². The number of carboxylic acid groups (broad SMARTS) is 1. The molecule has 126 valence electrons. The summed E-state index contributed by atoms with van der Waals surface area (Å²) in [5.74, 6) is -1.11. The van der Waals surface area contributed by atoms with E-state index in [4.69, 9.17) is 9.84 Å². The number of ether oxygens (including phenoxy) is 1. The van der Waals surface area contributed by atoms with Gasteiger partial charge in [0.25, 0.3) is 5.91 Å². The van der Waals surface area contributed by atoms with Crippen molar-refractivity contribution in [2.24, 2.45) is 0 Å². The molecule has 1 atom stereocenters. The van der Waals surface area contributed by atoms with Crippen LogP contribution in [0.1, 0.15) is 34.6 Å². The van der Waals surface area contributed by atoms with Crippen LogP contribution in [0.4, 0.5) is 0 Å². The first-order chi connectivity index (χ1) is 11.5. The molecule has 0 fully saturated rings. The summed E-state index contributed by atoms with van der Waals surface area (Å²) in [7, 11) is 0. The lowest BCUT2D eigenvalue weighted by atomic mass is 10.1. The van der Waals surface area contributed by atoms with Crippen LogP contribution in [0.25, 0.3) is 0 Å². The number of carboxylic acids is 1. The molecule has 0 spiro atoms. The molecule has 6 nitrogen and oxygen atoms in total. The molecule has 1 aromatic carbocycles. The van der Waals surface area contributed by atoms with Gasteiger partial charge in [0.2, 0.25) is 0 Å². The number of thiophene rings is 1. The smallest absolute Gasteiger partial charge is 0.305 e. The fourth-order valence-electron chi connectivity index (χ4n) is 2.08. The predicted octanol–water partition coefficient (Wildman–Crippen LogP) is 2.66. The van der Waals surface area contributed by atoms with E-state index in [0.717, 1.165) is 4.88 Å². The van der Waals surface area contributed by atoms with Crippen molar-refractivity contribution in [2.45, 2.75) is 19.4 Å². The summed E-state index contributed by atoms with van der Waals surface area (Å²) in [6.45, 7) is 1.19. The number of ketones is 1. The van der Waals surface area contributed by atoms with Gasteiger partial charge in [-0.25, -0.2) is 0 Å². The Labute approximate surface area is 143 Å². The lowest BCUT2D eigenvalue weighted by Gasteiger charge is -2.16. The largest absolute Gasteiger partial charge is 0.484 e. The number of aliphatic carboxylic acids is 1. The summed E-state index contributed by atoms with van der Waals surface area (Å²) in [6.07, 6.45) is -0.202. The first kappa shape index (κ1) is 17.7. The lowest BCUT2D eigenvalue weighted by molar-refractivity contribution is -0.137. The van der Waals surface area contributed by atoms with E-state index < -0.39 is 17.9 Å². The van der Waals surface area contributed by atoms with E-state index in [0.29, 0.717) is 11.3 Å². The molecule has 0 bridgehead atoms. The zero-order valence-electron chi connectivity index (χ0n) is 13.0. The molecular formula is C17H17NO5S. The number of rotatable bonds is 8. The van der Waals surface area contributed by atoms with Crippen molar-refractivity contribution in [1.82, 2.24) is 5.32 Å². The van der Waals surface area contributed by atoms with Gasteiger partial charge in [-0.05, 0) is 30.5 Å². The van der Waals surface area contributed by atoms with Crippen LogP contribution in [0, 0.1) is 0 Å². The molecule has 2 rings (SSSR count). The highest BCUT2D eigenvalue weighted by molar-refractivity contribution is 7.10. The predicted molar refractivity (Wildman–Crippen MR) is 89.4 cm³/mol. The van der Waals surface area contributed by atoms with Crippen LogP contribution >= 0.6 is 11.3 Å². The quantitative estimate of drug-likeness (QED) is 0.716. The summed E-state index contributed by atoms with van der Waals surface area (Å²) in [4.78, 5) is 35.1. The van der Waals surface area contributed by atoms with Crippen LogP contribution in [-0.2, 0) is 9.59 Å². The van der Waals surface area contributed by atoms with Crippen LogP contribution in [0.15, 0.2) is 41.8 Å². The van der Waals surface area contributed by atoms with Crippen molar-refractivity contribution >= 4 is 29.0 Å². The van der Waals surface area contributed by atoms with E-state index in [1.807, 2.05) is 5.38 Å². The van der Waals surface area contributed by atoms with Crippen molar-refractivity contribution in [3.05, 3.63) is 52.2 Å². The number of Topliss-reactive ketones (excluding diaryl/α,β-unsaturated/α-hetero) is 1. The van der Waals surface area contributed by atoms with Crippen LogP contribution in [-0.4, -0.2) is 29.4 Å². The Kier molecular flexibility index (Phi) is 6.08. The number of carbonyl (C=O) groups is 3. The van der Waals surface area contributed by atoms with Gasteiger partial charge in [-0.3, -0.25) is 14.4 Å². The Balaban J connectivity index is 1.95. The normalized spacial score (nSPS) is 11.5. The van der Waals surface area contributed by atoms with Crippen LogP contribution < -0.4 is 10.1 Å². The second kappa shape index (κ2) is 8.26. The number of amides is 1. The Morgan fingerprint density at radius 3 is 2.67 bits per heavy atom. The Morgan fingerprint density at radius 2 is 2.04 bits per heavy atom. The summed E-state index contributed by atoms with van der Waals surface area (Å²) in [5, 5.41) is 13.5. The molecular weight excluding hydrogens is 330 g/mol. The molecule has 1 unspecified atom stereocenters. The average molecular weight is 347 g/mol. The summed E-state index contributed by atoms with van der Waals surface area (Å²) >= 11 is 1.38. The fraction of sp³-hybridized carbons (Fsp3) is 0.235. The number of benzene rings is 1. The SMILES string of the molecule is CC(=O)c1cccc(OCC(=O)NC(CC(=O)O)c2cccs2)c1. The average Bonchev–Trinajstić information content (AvgIpc) is 3.06. The topological polar surface area (TPSA) is 92.7 Å². The maximum atomic E-state index is 12.0. The molecule has 1 heterocycles. The van der Waals surface area contributed by atoms with Crippen molar-refractivity contribution < 1.29 is 24.2 Å². The number of carbonyl (C=O) groups excluding carboxylic acids is 2. The molecule has 0 radical (unpaired) electrons. The standard InChI is InChI=1S/C17H17NO5S/c1-11(19)12-4-2-5-13(8-12)23-10-16(20)18-14(9-17(21)22)15-6-3-7-24-15/h2-8,14H,9-10H2,1H3,(H,18,20)(H,21,22). The zero-order chi connectivity index (χ0) is 17.5. The highest BCUT2D eigenvalue weighted by Crippen LogP contribution is 2.22. The molecule has 0 aliphatic heterocycles. The molecule has 1 amide bonds. The van der Waals surface area contributed by atoms with E-state index in [-0.39, 0.29) is 18.8 Å². The first-order valence-electron chi connectivity index (χ1n) is 7.24. The third-order valence-corrected chi connectivity index (χ3v) is 4.20. The summed E-state index contributed by atoms with van der Waals surface area (Å²) < 4.78 is 5.37. The maximum absolute atomic E-state index is 12.0. The third kappa shape index (κ3) is 5.20. The fourth-order valence-corrected chi connectivity index (χ4v) is 2.85. The summed E-state index contributed by atoms with van der Waals surface area (Å²) in [6, 6.07) is 9.51. The maximum Gasteiger partial charge on any atom is 0.305 e. The molecule has 0 aliphatic carbocycles. The third-order valence-electron chi connectivity index (χ3n) is 3.21. The molecule has 0 aliphatic rings. The van der Waals surface area contributed by atoms with Gasteiger partial charge >= 0.3 is 5.97 Å². The van der Waals surface area contributed by atoms with Gasteiger partial charge in [-0.2, -0.15) is 0 Å². The molecule has 24 heavy (non-hydrogen) atoms. The van der Waals surface area contributed by atoms with E-state index >= 15 is 0 Å². The minimum Gasteiger partial charge on any atom is -0.484 e. The number of hydrogen-bond acceptors (Lipinski definition) is 5. The van der Waals surface area contributed by atoms with Crippen molar-refractivity contribution in [3.63, 3.8) is 0 Å². The van der Waals surface area contributed by atoms with Gasteiger partial charge in [0.1, 0.15) is 5.75 Å². The zero-order valence-corrected chi connectivity index (χ0v) is 13.8. The second-order valence-electron chi connectivity index (χ2n) is 5.11. The second-order valence-corrected chi connectivity index (χ2v) is 6.09. The van der Waals surface area contributed by atoms with E-state index in [2.05, 4.69) is 5.32 Å². The minimum absolute atomic E-state index is 0.0934. The Morgan fingerprint density at radius 1 is 1.25 bits per heavy atom. The van der Waals surface area contributed by atoms with Crippen LogP contribution in [0.3, 0.4) is 0 Å². The monoisotopic (exact) mass is 347 g/mol. The Bertz CT molecular complexity index is 726. The molecule has 1 aromatic heterocycles. The van der Waals surface area contributed by atoms with Gasteiger partial charge in [0.05, 0.1) is 12.5 Å². The van der Waals surface area contributed by atoms with Crippen molar-refractivity contribution in [2.75, 3.05) is 6.61 Å². The Hall–Kier alpha value is -2.67. The van der Waals surface area contributed by atoms with Gasteiger partial charge in [-0.15, -0.1) is 11.3 Å². The molecule has 2 N–H and O–H groups in total. The van der Waals surface area contributed by atoms with E-state index in [1.165, 1.54) is 18.3 Å². The van der Waals surface area contributed by atoms with Crippen LogP contribution in [0.5, 0.6) is 5.75 Å². The molecule has 7 heteroatoms. The van der Waals surface area contributed by atoms with Gasteiger partial charge in [0, 0.05) is 10.4 Å². The molecule has 2 aromatic rings. The van der Waals surface area contributed by atoms with Gasteiger partial charge < -0.3 is 15.2 Å². The van der Waals surface area contributed by atoms with Crippen LogP contribution in [0.2, 0.25) is 0 Å². The highest BCUT2D eigenvalue weighted by Gasteiger charge is 2.19.